The van der Waals surface area contributed by atoms with Crippen molar-refractivity contribution in [3.05, 3.63) is 80.8 Å². The molecule has 0 unspecified atom stereocenters. The van der Waals surface area contributed by atoms with E-state index in [2.05, 4.69) is 20.9 Å². The number of halogens is 1. The first kappa shape index (κ1) is 17.9. The summed E-state index contributed by atoms with van der Waals surface area (Å²) in [6.07, 6.45) is 4.59. The standard InChI is InChI=1S/C19H15BrN2O4/c1-25-16-4-2-3-13(9-16)5-8-19(24)26-12-15-10-18(23)22-11-14(20)6-7-17(22)21-15/h2-11H,12H2,1H3. The maximum Gasteiger partial charge on any atom is 0.331 e. The molecule has 0 saturated carbocycles. The minimum absolute atomic E-state index is 0.0803. The maximum atomic E-state index is 12.1. The highest BCUT2D eigenvalue weighted by Crippen LogP contribution is 2.14. The van der Waals surface area contributed by atoms with Gasteiger partial charge in [0.25, 0.3) is 5.56 Å². The van der Waals surface area contributed by atoms with Crippen molar-refractivity contribution in [2.24, 2.45) is 0 Å². The third kappa shape index (κ3) is 4.37. The van der Waals surface area contributed by atoms with Crippen LogP contribution >= 0.6 is 15.9 Å². The fourth-order valence-electron chi connectivity index (χ4n) is 2.30. The normalized spacial score (nSPS) is 11.0. The molecule has 0 bridgehead atoms. The number of pyridine rings is 1. The number of hydrogen-bond donors (Lipinski definition) is 0. The molecular formula is C19H15BrN2O4. The van der Waals surface area contributed by atoms with Gasteiger partial charge in [-0.3, -0.25) is 9.20 Å². The second kappa shape index (κ2) is 7.97. The van der Waals surface area contributed by atoms with Crippen LogP contribution in [0.3, 0.4) is 0 Å². The van der Waals surface area contributed by atoms with Crippen molar-refractivity contribution in [2.45, 2.75) is 6.61 Å². The van der Waals surface area contributed by atoms with Crippen LogP contribution in [-0.2, 0) is 16.1 Å². The molecule has 132 valence electrons. The average molecular weight is 415 g/mol. The number of aromatic nitrogens is 2. The first-order valence-electron chi connectivity index (χ1n) is 7.72. The van der Waals surface area contributed by atoms with Crippen molar-refractivity contribution in [2.75, 3.05) is 7.11 Å². The Labute approximate surface area is 157 Å². The summed E-state index contributed by atoms with van der Waals surface area (Å²) in [6, 6.07) is 12.1. The number of carbonyl (C=O) groups excluding carboxylic acids is 1. The molecule has 3 rings (SSSR count). The van der Waals surface area contributed by atoms with E-state index in [1.807, 2.05) is 18.2 Å². The molecule has 0 amide bonds. The third-order valence-electron chi connectivity index (χ3n) is 3.54. The van der Waals surface area contributed by atoms with Crippen molar-refractivity contribution in [3.8, 4) is 5.75 Å². The fourth-order valence-corrected chi connectivity index (χ4v) is 2.64. The molecule has 0 N–H and O–H groups in total. The van der Waals surface area contributed by atoms with E-state index in [0.717, 1.165) is 10.0 Å². The van der Waals surface area contributed by atoms with Gasteiger partial charge in [0.15, 0.2) is 0 Å². The first-order valence-corrected chi connectivity index (χ1v) is 8.51. The highest BCUT2D eigenvalue weighted by atomic mass is 79.9. The molecular weight excluding hydrogens is 400 g/mol. The number of methoxy groups -OCH3 is 1. The lowest BCUT2D eigenvalue weighted by Gasteiger charge is -2.05. The number of rotatable bonds is 5. The number of nitrogens with zero attached hydrogens (tertiary/aromatic N) is 2. The zero-order chi connectivity index (χ0) is 18.5. The Morgan fingerprint density at radius 2 is 2.12 bits per heavy atom. The number of benzene rings is 1. The summed E-state index contributed by atoms with van der Waals surface area (Å²) in [5, 5.41) is 0. The minimum Gasteiger partial charge on any atom is -0.497 e. The van der Waals surface area contributed by atoms with Gasteiger partial charge in [-0.15, -0.1) is 0 Å². The van der Waals surface area contributed by atoms with Crippen LogP contribution in [0, 0.1) is 0 Å². The summed E-state index contributed by atoms with van der Waals surface area (Å²) in [5.74, 6) is 0.179. The Morgan fingerprint density at radius 1 is 1.27 bits per heavy atom. The number of hydrogen-bond acceptors (Lipinski definition) is 5. The fraction of sp³-hybridized carbons (Fsp3) is 0.105. The second-order valence-electron chi connectivity index (χ2n) is 5.38. The summed E-state index contributed by atoms with van der Waals surface area (Å²) < 4.78 is 12.5. The largest absolute Gasteiger partial charge is 0.497 e. The molecule has 2 heterocycles. The van der Waals surface area contributed by atoms with Gasteiger partial charge in [-0.25, -0.2) is 9.78 Å². The van der Waals surface area contributed by atoms with Gasteiger partial charge in [0.1, 0.15) is 18.0 Å². The molecule has 0 spiro atoms. The lowest BCUT2D eigenvalue weighted by molar-refractivity contribution is -0.139. The number of esters is 1. The van der Waals surface area contributed by atoms with Gasteiger partial charge in [0.2, 0.25) is 0 Å². The first-order chi connectivity index (χ1) is 12.5. The molecule has 7 heteroatoms. The molecule has 0 aliphatic carbocycles. The van der Waals surface area contributed by atoms with Crippen molar-refractivity contribution >= 4 is 33.6 Å². The monoisotopic (exact) mass is 414 g/mol. The van der Waals surface area contributed by atoms with E-state index in [1.165, 1.54) is 16.5 Å². The van der Waals surface area contributed by atoms with Gasteiger partial charge in [-0.05, 0) is 51.8 Å². The molecule has 3 aromatic rings. The summed E-state index contributed by atoms with van der Waals surface area (Å²) in [7, 11) is 1.58. The molecule has 6 nitrogen and oxygen atoms in total. The van der Waals surface area contributed by atoms with E-state index in [9.17, 15) is 9.59 Å². The van der Waals surface area contributed by atoms with Crippen LogP contribution in [0.1, 0.15) is 11.3 Å². The molecule has 0 aliphatic heterocycles. The van der Waals surface area contributed by atoms with E-state index < -0.39 is 5.97 Å². The zero-order valence-corrected chi connectivity index (χ0v) is 15.5. The Morgan fingerprint density at radius 3 is 2.92 bits per heavy atom. The molecule has 2 aromatic heterocycles. The highest BCUT2D eigenvalue weighted by molar-refractivity contribution is 9.10. The maximum absolute atomic E-state index is 12.1. The van der Waals surface area contributed by atoms with E-state index in [1.54, 1.807) is 37.6 Å². The van der Waals surface area contributed by atoms with Crippen molar-refractivity contribution in [1.29, 1.82) is 0 Å². The van der Waals surface area contributed by atoms with E-state index in [4.69, 9.17) is 9.47 Å². The molecule has 0 radical (unpaired) electrons. The van der Waals surface area contributed by atoms with Gasteiger partial charge in [0.05, 0.1) is 12.8 Å². The van der Waals surface area contributed by atoms with Crippen LogP contribution in [0.4, 0.5) is 0 Å². The zero-order valence-electron chi connectivity index (χ0n) is 13.9. The second-order valence-corrected chi connectivity index (χ2v) is 6.29. The van der Waals surface area contributed by atoms with Crippen LogP contribution in [0.2, 0.25) is 0 Å². The Kier molecular flexibility index (Phi) is 5.48. The quantitative estimate of drug-likeness (QED) is 0.473. The third-order valence-corrected chi connectivity index (χ3v) is 4.01. The van der Waals surface area contributed by atoms with Gasteiger partial charge < -0.3 is 9.47 Å². The lowest BCUT2D eigenvalue weighted by Crippen LogP contribution is -2.16. The number of fused-ring (bicyclic) bond motifs is 1. The Hall–Kier alpha value is -2.93. The Bertz CT molecular complexity index is 1040. The molecule has 1 aromatic carbocycles. The number of ether oxygens (including phenoxy) is 2. The van der Waals surface area contributed by atoms with Crippen molar-refractivity contribution < 1.29 is 14.3 Å². The predicted octanol–water partition coefficient (Wildman–Crippen LogP) is 3.22. The Balaban J connectivity index is 1.67. The van der Waals surface area contributed by atoms with Gasteiger partial charge in [-0.2, -0.15) is 0 Å². The van der Waals surface area contributed by atoms with Gasteiger partial charge >= 0.3 is 5.97 Å². The average Bonchev–Trinajstić information content (AvgIpc) is 2.65. The van der Waals surface area contributed by atoms with Crippen LogP contribution in [0.25, 0.3) is 11.7 Å². The summed E-state index contributed by atoms with van der Waals surface area (Å²) in [5.41, 5.74) is 1.45. The minimum atomic E-state index is -0.523. The summed E-state index contributed by atoms with van der Waals surface area (Å²) in [4.78, 5) is 28.3. The van der Waals surface area contributed by atoms with Crippen molar-refractivity contribution in [3.63, 3.8) is 0 Å². The van der Waals surface area contributed by atoms with E-state index in [0.29, 0.717) is 17.1 Å². The molecule has 0 atom stereocenters. The molecule has 0 aliphatic rings. The lowest BCUT2D eigenvalue weighted by atomic mass is 10.2. The van der Waals surface area contributed by atoms with Crippen LogP contribution in [0.15, 0.2) is 64.0 Å². The number of carbonyl (C=O) groups is 1. The SMILES string of the molecule is COc1cccc(C=CC(=O)OCc2cc(=O)n3cc(Br)ccc3n2)c1. The smallest absolute Gasteiger partial charge is 0.331 e. The predicted molar refractivity (Wildman–Crippen MR) is 101 cm³/mol. The molecule has 26 heavy (non-hydrogen) atoms. The van der Waals surface area contributed by atoms with Crippen LogP contribution in [-0.4, -0.2) is 22.5 Å². The van der Waals surface area contributed by atoms with Gasteiger partial charge in [-0.1, -0.05) is 12.1 Å². The summed E-state index contributed by atoms with van der Waals surface area (Å²) >= 11 is 3.31. The van der Waals surface area contributed by atoms with Gasteiger partial charge in [0, 0.05) is 22.8 Å². The highest BCUT2D eigenvalue weighted by Gasteiger charge is 2.05. The van der Waals surface area contributed by atoms with Crippen molar-refractivity contribution in [1.82, 2.24) is 9.38 Å². The van der Waals surface area contributed by atoms with Crippen LogP contribution < -0.4 is 10.3 Å². The topological polar surface area (TPSA) is 69.9 Å². The van der Waals surface area contributed by atoms with E-state index >= 15 is 0 Å². The molecule has 0 saturated heterocycles. The summed E-state index contributed by atoms with van der Waals surface area (Å²) in [6.45, 7) is -0.0803. The van der Waals surface area contributed by atoms with E-state index in [-0.39, 0.29) is 12.2 Å². The van der Waals surface area contributed by atoms with Crippen LogP contribution in [0.5, 0.6) is 5.75 Å². The molecule has 0 fully saturated rings.